The number of aryl methyl sites for hydroxylation is 2. The van der Waals surface area contributed by atoms with Crippen LogP contribution in [0.15, 0.2) is 12.1 Å². The second-order valence-electron chi connectivity index (χ2n) is 6.16. The van der Waals surface area contributed by atoms with Gasteiger partial charge in [0, 0.05) is 11.1 Å². The Morgan fingerprint density at radius 2 is 1.79 bits per heavy atom. The zero-order valence-corrected chi connectivity index (χ0v) is 12.5. The molecule has 1 unspecified atom stereocenters. The summed E-state index contributed by atoms with van der Waals surface area (Å²) in [6, 6.07) is 3.36. The van der Waals surface area contributed by atoms with Crippen LogP contribution in [-0.4, -0.2) is 24.5 Å². The molecule has 0 bridgehead atoms. The first kappa shape index (κ1) is 14.5. The Hall–Kier alpha value is -0.930. The number of nitrogens with zero attached hydrogens (tertiary/aromatic N) is 1. The number of halogens is 1. The van der Waals surface area contributed by atoms with Crippen molar-refractivity contribution in [2.75, 3.05) is 14.1 Å². The minimum atomic E-state index is -0.259. The van der Waals surface area contributed by atoms with Crippen molar-refractivity contribution < 1.29 is 4.39 Å². The van der Waals surface area contributed by atoms with Crippen LogP contribution in [0.4, 0.5) is 4.39 Å². The molecule has 19 heavy (non-hydrogen) atoms. The average molecular weight is 264 g/mol. The summed E-state index contributed by atoms with van der Waals surface area (Å²) >= 11 is 0. The van der Waals surface area contributed by atoms with Crippen LogP contribution >= 0.6 is 0 Å². The minimum absolute atomic E-state index is 0.0964. The van der Waals surface area contributed by atoms with E-state index >= 15 is 0 Å². The first-order valence-corrected chi connectivity index (χ1v) is 7.08. The SMILES string of the molecule is Cc1cc(C)c(C(N)C2(N(C)C)CCCC2)c(F)c1. The summed E-state index contributed by atoms with van der Waals surface area (Å²) in [5, 5.41) is 0. The van der Waals surface area contributed by atoms with Crippen molar-refractivity contribution in [2.24, 2.45) is 5.73 Å². The van der Waals surface area contributed by atoms with Crippen LogP contribution in [0, 0.1) is 19.7 Å². The van der Waals surface area contributed by atoms with Crippen LogP contribution in [0.3, 0.4) is 0 Å². The van der Waals surface area contributed by atoms with E-state index in [1.54, 1.807) is 6.07 Å². The van der Waals surface area contributed by atoms with E-state index in [9.17, 15) is 4.39 Å². The molecule has 0 spiro atoms. The smallest absolute Gasteiger partial charge is 0.128 e. The second-order valence-corrected chi connectivity index (χ2v) is 6.16. The molecule has 2 nitrogen and oxygen atoms in total. The van der Waals surface area contributed by atoms with Gasteiger partial charge in [-0.2, -0.15) is 0 Å². The maximum absolute atomic E-state index is 14.4. The van der Waals surface area contributed by atoms with Crippen LogP contribution in [0.1, 0.15) is 48.4 Å². The van der Waals surface area contributed by atoms with Crippen molar-refractivity contribution in [1.82, 2.24) is 4.90 Å². The first-order valence-electron chi connectivity index (χ1n) is 7.08. The van der Waals surface area contributed by atoms with E-state index in [1.165, 1.54) is 12.8 Å². The van der Waals surface area contributed by atoms with Crippen molar-refractivity contribution >= 4 is 0 Å². The maximum atomic E-state index is 14.4. The predicted octanol–water partition coefficient (Wildman–Crippen LogP) is 3.32. The van der Waals surface area contributed by atoms with Gasteiger partial charge in [0.1, 0.15) is 5.82 Å². The Kier molecular flexibility index (Phi) is 3.98. The predicted molar refractivity (Wildman–Crippen MR) is 77.7 cm³/mol. The topological polar surface area (TPSA) is 29.3 Å². The fourth-order valence-corrected chi connectivity index (χ4v) is 3.61. The summed E-state index contributed by atoms with van der Waals surface area (Å²) in [7, 11) is 4.12. The lowest BCUT2D eigenvalue weighted by Crippen LogP contribution is -2.50. The molecule has 0 radical (unpaired) electrons. The van der Waals surface area contributed by atoms with Gasteiger partial charge in [0.25, 0.3) is 0 Å². The van der Waals surface area contributed by atoms with Gasteiger partial charge in [-0.1, -0.05) is 18.9 Å². The van der Waals surface area contributed by atoms with E-state index in [4.69, 9.17) is 5.73 Å². The van der Waals surface area contributed by atoms with Crippen LogP contribution in [0.25, 0.3) is 0 Å². The molecule has 1 aliphatic carbocycles. The van der Waals surface area contributed by atoms with Crippen LogP contribution in [0.2, 0.25) is 0 Å². The molecular weight excluding hydrogens is 239 g/mol. The third kappa shape index (κ3) is 2.41. The molecule has 0 aliphatic heterocycles. The lowest BCUT2D eigenvalue weighted by molar-refractivity contribution is 0.121. The molecular formula is C16H25FN2. The van der Waals surface area contributed by atoms with Crippen molar-refractivity contribution in [3.8, 4) is 0 Å². The molecule has 106 valence electrons. The van der Waals surface area contributed by atoms with Gasteiger partial charge < -0.3 is 10.6 Å². The number of likely N-dealkylation sites (N-methyl/N-ethyl adjacent to an activating group) is 1. The quantitative estimate of drug-likeness (QED) is 0.907. The van der Waals surface area contributed by atoms with E-state index < -0.39 is 0 Å². The van der Waals surface area contributed by atoms with Gasteiger partial charge in [0.15, 0.2) is 0 Å². The lowest BCUT2D eigenvalue weighted by Gasteiger charge is -2.42. The van der Waals surface area contributed by atoms with Gasteiger partial charge in [-0.25, -0.2) is 4.39 Å². The Morgan fingerprint density at radius 1 is 1.21 bits per heavy atom. The highest BCUT2D eigenvalue weighted by molar-refractivity contribution is 5.36. The van der Waals surface area contributed by atoms with Crippen molar-refractivity contribution in [3.05, 3.63) is 34.6 Å². The standard InChI is InChI=1S/C16H25FN2/c1-11-9-12(2)14(13(17)10-11)15(18)16(19(3)4)7-5-6-8-16/h9-10,15H,5-8,18H2,1-4H3. The summed E-state index contributed by atoms with van der Waals surface area (Å²) in [4.78, 5) is 2.20. The summed E-state index contributed by atoms with van der Waals surface area (Å²) in [5.74, 6) is -0.155. The van der Waals surface area contributed by atoms with Gasteiger partial charge in [-0.3, -0.25) is 0 Å². The molecule has 1 aliphatic rings. The summed E-state index contributed by atoms with van der Waals surface area (Å²) in [5.41, 5.74) is 9.03. The molecule has 2 N–H and O–H groups in total. The van der Waals surface area contributed by atoms with Gasteiger partial charge in [-0.05, 0) is 58.0 Å². The monoisotopic (exact) mass is 264 g/mol. The molecule has 0 heterocycles. The second kappa shape index (κ2) is 5.22. The Bertz CT molecular complexity index is 439. The highest BCUT2D eigenvalue weighted by Crippen LogP contribution is 2.43. The molecule has 2 rings (SSSR count). The normalized spacial score (nSPS) is 19.9. The third-order valence-corrected chi connectivity index (χ3v) is 4.73. The molecule has 0 amide bonds. The molecule has 1 saturated carbocycles. The molecule has 1 aromatic rings. The van der Waals surface area contributed by atoms with E-state index in [2.05, 4.69) is 19.0 Å². The number of nitrogens with two attached hydrogens (primary N) is 1. The molecule has 3 heteroatoms. The number of rotatable bonds is 3. The zero-order chi connectivity index (χ0) is 14.2. The first-order chi connectivity index (χ1) is 8.88. The average Bonchev–Trinajstić information content (AvgIpc) is 2.77. The largest absolute Gasteiger partial charge is 0.322 e. The number of benzene rings is 1. The highest BCUT2D eigenvalue weighted by Gasteiger charge is 2.43. The van der Waals surface area contributed by atoms with Crippen LogP contribution < -0.4 is 5.73 Å². The lowest BCUT2D eigenvalue weighted by atomic mass is 9.81. The molecule has 0 saturated heterocycles. The van der Waals surface area contributed by atoms with E-state index in [0.717, 1.165) is 24.0 Å². The number of hydrogen-bond donors (Lipinski definition) is 1. The highest BCUT2D eigenvalue weighted by atomic mass is 19.1. The van der Waals surface area contributed by atoms with Crippen molar-refractivity contribution in [1.29, 1.82) is 0 Å². The van der Waals surface area contributed by atoms with Crippen LogP contribution in [0.5, 0.6) is 0 Å². The molecule has 0 aromatic heterocycles. The summed E-state index contributed by atoms with van der Waals surface area (Å²) < 4.78 is 14.4. The summed E-state index contributed by atoms with van der Waals surface area (Å²) in [6.45, 7) is 3.88. The van der Waals surface area contributed by atoms with Gasteiger partial charge in [0.2, 0.25) is 0 Å². The van der Waals surface area contributed by atoms with Gasteiger partial charge >= 0.3 is 0 Å². The fourth-order valence-electron chi connectivity index (χ4n) is 3.61. The maximum Gasteiger partial charge on any atom is 0.128 e. The molecule has 1 atom stereocenters. The summed E-state index contributed by atoms with van der Waals surface area (Å²) in [6.07, 6.45) is 4.46. The van der Waals surface area contributed by atoms with Gasteiger partial charge in [-0.15, -0.1) is 0 Å². The third-order valence-electron chi connectivity index (χ3n) is 4.73. The molecule has 1 fully saturated rings. The zero-order valence-electron chi connectivity index (χ0n) is 12.5. The molecule has 1 aromatic carbocycles. The fraction of sp³-hybridized carbons (Fsp3) is 0.625. The van der Waals surface area contributed by atoms with Crippen molar-refractivity contribution in [2.45, 2.75) is 51.1 Å². The van der Waals surface area contributed by atoms with E-state index in [-0.39, 0.29) is 17.4 Å². The minimum Gasteiger partial charge on any atom is -0.322 e. The van der Waals surface area contributed by atoms with E-state index in [1.807, 2.05) is 19.9 Å². The Morgan fingerprint density at radius 3 is 2.26 bits per heavy atom. The number of hydrogen-bond acceptors (Lipinski definition) is 2. The Balaban J connectivity index is 2.46. The Labute approximate surface area is 115 Å². The van der Waals surface area contributed by atoms with E-state index in [0.29, 0.717) is 5.56 Å². The van der Waals surface area contributed by atoms with Gasteiger partial charge in [0.05, 0.1) is 6.04 Å². The van der Waals surface area contributed by atoms with Crippen LogP contribution in [-0.2, 0) is 0 Å². The van der Waals surface area contributed by atoms with Crippen molar-refractivity contribution in [3.63, 3.8) is 0 Å².